The van der Waals surface area contributed by atoms with Crippen LogP contribution in [-0.4, -0.2) is 63.2 Å². The number of morpholine rings is 1. The van der Waals surface area contributed by atoms with E-state index in [1.807, 2.05) is 21.4 Å². The highest BCUT2D eigenvalue weighted by molar-refractivity contribution is 5.85. The molecule has 0 N–H and O–H groups in total. The molecule has 0 saturated carbocycles. The van der Waals surface area contributed by atoms with Crippen LogP contribution in [0, 0.1) is 5.82 Å². The molecule has 2 aromatic heterocycles. The quantitative estimate of drug-likeness (QED) is 0.779. The van der Waals surface area contributed by atoms with E-state index >= 15 is 0 Å². The minimum atomic E-state index is -0.486. The highest BCUT2D eigenvalue weighted by Crippen LogP contribution is 2.30. The number of aryl methyl sites for hydroxylation is 1. The summed E-state index contributed by atoms with van der Waals surface area (Å²) < 4.78 is 20.4. The average molecular weight is 346 g/mol. The number of amides is 1. The van der Waals surface area contributed by atoms with E-state index in [1.54, 1.807) is 6.33 Å². The van der Waals surface area contributed by atoms with Crippen molar-refractivity contribution in [2.24, 2.45) is 7.05 Å². The van der Waals surface area contributed by atoms with E-state index in [0.717, 1.165) is 23.8 Å². The van der Waals surface area contributed by atoms with Crippen LogP contribution < -0.4 is 4.90 Å². The largest absolute Gasteiger partial charge is 0.378 e. The lowest BCUT2D eigenvalue weighted by Gasteiger charge is -2.36. The standard InChI is InChI=1S/C16H19FN6O2/c1-21-10-20-13-9-23(16-18-6-11(17)7-19-16)8-12(14(13)21)15(24)22-2-4-25-5-3-22/h6-7,10,12H,2-5,8-9H2,1H3/t12-/m0/s1. The Morgan fingerprint density at radius 3 is 2.68 bits per heavy atom. The SMILES string of the molecule is Cn1cnc2c1[C@@H](C(=O)N1CCOCC1)CN(c1ncc(F)cn1)C2. The van der Waals surface area contributed by atoms with Crippen molar-refractivity contribution in [2.75, 3.05) is 37.7 Å². The van der Waals surface area contributed by atoms with E-state index in [1.165, 1.54) is 0 Å². The van der Waals surface area contributed by atoms with Crippen molar-refractivity contribution in [3.05, 3.63) is 35.9 Å². The number of ether oxygens (including phenoxy) is 1. The monoisotopic (exact) mass is 346 g/mol. The van der Waals surface area contributed by atoms with Gasteiger partial charge in [0.05, 0.1) is 55.8 Å². The van der Waals surface area contributed by atoms with E-state index in [4.69, 9.17) is 4.74 Å². The summed E-state index contributed by atoms with van der Waals surface area (Å²) in [5.74, 6) is -0.388. The smallest absolute Gasteiger partial charge is 0.233 e. The summed E-state index contributed by atoms with van der Waals surface area (Å²) in [6, 6.07) is 0. The van der Waals surface area contributed by atoms with Crippen LogP contribution in [0.25, 0.3) is 0 Å². The van der Waals surface area contributed by atoms with Crippen LogP contribution in [0.5, 0.6) is 0 Å². The molecule has 8 nitrogen and oxygen atoms in total. The van der Waals surface area contributed by atoms with Crippen molar-refractivity contribution in [2.45, 2.75) is 12.5 Å². The summed E-state index contributed by atoms with van der Waals surface area (Å²) in [5.41, 5.74) is 1.75. The number of carbonyl (C=O) groups excluding carboxylic acids is 1. The molecule has 25 heavy (non-hydrogen) atoms. The molecule has 1 fully saturated rings. The Balaban J connectivity index is 1.65. The summed E-state index contributed by atoms with van der Waals surface area (Å²) in [4.78, 5) is 29.3. The van der Waals surface area contributed by atoms with Crippen LogP contribution in [0.4, 0.5) is 10.3 Å². The third-order valence-electron chi connectivity index (χ3n) is 4.65. The van der Waals surface area contributed by atoms with Crippen LogP contribution >= 0.6 is 0 Å². The first kappa shape index (κ1) is 15.9. The molecule has 0 bridgehead atoms. The number of halogens is 1. The second-order valence-corrected chi connectivity index (χ2v) is 6.26. The molecule has 4 rings (SSSR count). The third-order valence-corrected chi connectivity index (χ3v) is 4.65. The molecule has 2 aliphatic heterocycles. The minimum absolute atomic E-state index is 0.0555. The lowest BCUT2D eigenvalue weighted by atomic mass is 9.96. The van der Waals surface area contributed by atoms with Crippen molar-refractivity contribution in [3.8, 4) is 0 Å². The Bertz CT molecular complexity index is 771. The molecular formula is C16H19FN6O2. The van der Waals surface area contributed by atoms with E-state index in [0.29, 0.717) is 45.3 Å². The molecule has 0 aromatic carbocycles. The van der Waals surface area contributed by atoms with Crippen LogP contribution in [0.15, 0.2) is 18.7 Å². The van der Waals surface area contributed by atoms with Crippen LogP contribution in [0.2, 0.25) is 0 Å². The Morgan fingerprint density at radius 2 is 1.96 bits per heavy atom. The molecule has 1 atom stereocenters. The lowest BCUT2D eigenvalue weighted by molar-refractivity contribution is -0.137. The van der Waals surface area contributed by atoms with Crippen molar-refractivity contribution in [1.29, 1.82) is 0 Å². The number of fused-ring (bicyclic) bond motifs is 1. The molecular weight excluding hydrogens is 327 g/mol. The minimum Gasteiger partial charge on any atom is -0.378 e. The molecule has 0 aliphatic carbocycles. The van der Waals surface area contributed by atoms with Gasteiger partial charge in [-0.1, -0.05) is 0 Å². The van der Waals surface area contributed by atoms with Gasteiger partial charge in [-0.2, -0.15) is 0 Å². The molecule has 132 valence electrons. The van der Waals surface area contributed by atoms with Crippen LogP contribution in [0.1, 0.15) is 17.3 Å². The number of hydrogen-bond donors (Lipinski definition) is 0. The molecule has 0 spiro atoms. The first-order chi connectivity index (χ1) is 12.1. The lowest BCUT2D eigenvalue weighted by Crippen LogP contribution is -2.48. The van der Waals surface area contributed by atoms with Crippen molar-refractivity contribution in [3.63, 3.8) is 0 Å². The van der Waals surface area contributed by atoms with Gasteiger partial charge in [-0.05, 0) is 0 Å². The van der Waals surface area contributed by atoms with E-state index in [2.05, 4.69) is 15.0 Å². The van der Waals surface area contributed by atoms with E-state index in [9.17, 15) is 9.18 Å². The number of rotatable bonds is 2. The fourth-order valence-corrected chi connectivity index (χ4v) is 3.43. The number of aromatic nitrogens is 4. The van der Waals surface area contributed by atoms with Gasteiger partial charge in [0.25, 0.3) is 0 Å². The highest BCUT2D eigenvalue weighted by atomic mass is 19.1. The zero-order valence-corrected chi connectivity index (χ0v) is 13.9. The number of anilines is 1. The zero-order valence-electron chi connectivity index (χ0n) is 13.9. The number of imidazole rings is 1. The maximum Gasteiger partial charge on any atom is 0.233 e. The topological polar surface area (TPSA) is 76.4 Å². The first-order valence-corrected chi connectivity index (χ1v) is 8.22. The fraction of sp³-hybridized carbons (Fsp3) is 0.500. The van der Waals surface area contributed by atoms with Gasteiger partial charge in [0.2, 0.25) is 11.9 Å². The molecule has 1 saturated heterocycles. The summed E-state index contributed by atoms with van der Waals surface area (Å²) >= 11 is 0. The van der Waals surface area contributed by atoms with Gasteiger partial charge >= 0.3 is 0 Å². The number of carbonyl (C=O) groups is 1. The van der Waals surface area contributed by atoms with Crippen molar-refractivity contribution in [1.82, 2.24) is 24.4 Å². The number of nitrogens with zero attached hydrogens (tertiary/aromatic N) is 6. The van der Waals surface area contributed by atoms with Crippen LogP contribution in [-0.2, 0) is 23.1 Å². The Kier molecular flexibility index (Phi) is 4.08. The molecule has 4 heterocycles. The Morgan fingerprint density at radius 1 is 1.24 bits per heavy atom. The molecule has 0 radical (unpaired) electrons. The normalized spacial score (nSPS) is 20.5. The summed E-state index contributed by atoms with van der Waals surface area (Å²) in [7, 11) is 1.90. The number of hydrogen-bond acceptors (Lipinski definition) is 6. The molecule has 2 aromatic rings. The second kappa shape index (κ2) is 6.40. The second-order valence-electron chi connectivity index (χ2n) is 6.26. The van der Waals surface area contributed by atoms with Gasteiger partial charge in [0, 0.05) is 26.7 Å². The highest BCUT2D eigenvalue weighted by Gasteiger charge is 2.37. The van der Waals surface area contributed by atoms with Crippen molar-refractivity contribution >= 4 is 11.9 Å². The zero-order chi connectivity index (χ0) is 17.4. The van der Waals surface area contributed by atoms with E-state index in [-0.39, 0.29) is 11.8 Å². The van der Waals surface area contributed by atoms with E-state index < -0.39 is 5.82 Å². The van der Waals surface area contributed by atoms with Crippen molar-refractivity contribution < 1.29 is 13.9 Å². The summed E-state index contributed by atoms with van der Waals surface area (Å²) in [6.07, 6.45) is 3.99. The van der Waals surface area contributed by atoms with Crippen LogP contribution in [0.3, 0.4) is 0 Å². The maximum atomic E-state index is 13.1. The van der Waals surface area contributed by atoms with Gasteiger partial charge in [-0.25, -0.2) is 19.3 Å². The van der Waals surface area contributed by atoms with Gasteiger partial charge in [0.15, 0.2) is 5.82 Å². The molecule has 2 aliphatic rings. The predicted octanol–water partition coefficient (Wildman–Crippen LogP) is 0.312. The molecule has 1 amide bonds. The van der Waals surface area contributed by atoms with Gasteiger partial charge < -0.3 is 19.1 Å². The summed E-state index contributed by atoms with van der Waals surface area (Å²) in [6.45, 7) is 3.23. The fourth-order valence-electron chi connectivity index (χ4n) is 3.43. The van der Waals surface area contributed by atoms with Gasteiger partial charge in [0.1, 0.15) is 0 Å². The molecule has 0 unspecified atom stereocenters. The summed E-state index contributed by atoms with van der Waals surface area (Å²) in [5, 5.41) is 0. The third kappa shape index (κ3) is 2.95. The molecule has 9 heteroatoms. The first-order valence-electron chi connectivity index (χ1n) is 8.22. The Hall–Kier alpha value is -2.55. The predicted molar refractivity (Wildman–Crippen MR) is 86.4 cm³/mol. The maximum absolute atomic E-state index is 13.1. The van der Waals surface area contributed by atoms with Gasteiger partial charge in [-0.15, -0.1) is 0 Å². The van der Waals surface area contributed by atoms with Gasteiger partial charge in [-0.3, -0.25) is 4.79 Å². The average Bonchev–Trinajstić information content (AvgIpc) is 3.03. The Labute approximate surface area is 144 Å².